The number of nitrogens with zero attached hydrogens (tertiary/aromatic N) is 1. The van der Waals surface area contributed by atoms with E-state index < -0.39 is 0 Å². The molecule has 0 fully saturated rings. The van der Waals surface area contributed by atoms with E-state index in [1.54, 1.807) is 7.11 Å². The van der Waals surface area contributed by atoms with Crippen LogP contribution in [-0.2, 0) is 13.0 Å². The van der Waals surface area contributed by atoms with E-state index in [1.807, 2.05) is 18.2 Å². The maximum Gasteiger partial charge on any atom is 0.118 e. The molecule has 2 aromatic rings. The standard InChI is InChI=1S/C18H24N2O/c1-21-18-9-7-16(8-10-18)11-13-20(14-12-19)15-17-5-3-2-4-6-17/h2-10H,11-15,19H2,1H3. The monoisotopic (exact) mass is 284 g/mol. The molecule has 0 heterocycles. The number of ether oxygens (including phenoxy) is 1. The molecule has 0 amide bonds. The first-order valence-electron chi connectivity index (χ1n) is 7.41. The fourth-order valence-corrected chi connectivity index (χ4v) is 2.37. The Morgan fingerprint density at radius 3 is 2.24 bits per heavy atom. The van der Waals surface area contributed by atoms with E-state index in [9.17, 15) is 0 Å². The molecular formula is C18H24N2O. The van der Waals surface area contributed by atoms with E-state index >= 15 is 0 Å². The summed E-state index contributed by atoms with van der Waals surface area (Å²) in [7, 11) is 1.69. The highest BCUT2D eigenvalue weighted by molar-refractivity contribution is 5.27. The maximum absolute atomic E-state index is 5.73. The molecule has 0 saturated heterocycles. The third-order valence-electron chi connectivity index (χ3n) is 3.57. The Hall–Kier alpha value is -1.84. The van der Waals surface area contributed by atoms with Crippen LogP contribution in [0.15, 0.2) is 54.6 Å². The van der Waals surface area contributed by atoms with E-state index in [0.717, 1.165) is 31.8 Å². The number of methoxy groups -OCH3 is 1. The minimum absolute atomic E-state index is 0.690. The van der Waals surface area contributed by atoms with Gasteiger partial charge in [0, 0.05) is 26.2 Å². The van der Waals surface area contributed by atoms with E-state index in [1.165, 1.54) is 11.1 Å². The van der Waals surface area contributed by atoms with Crippen LogP contribution in [-0.4, -0.2) is 31.6 Å². The third kappa shape index (κ3) is 5.21. The third-order valence-corrected chi connectivity index (χ3v) is 3.57. The van der Waals surface area contributed by atoms with Gasteiger partial charge in [0.25, 0.3) is 0 Å². The molecule has 0 aliphatic carbocycles. The fourth-order valence-electron chi connectivity index (χ4n) is 2.37. The van der Waals surface area contributed by atoms with Crippen LogP contribution in [0.3, 0.4) is 0 Å². The molecule has 2 aromatic carbocycles. The van der Waals surface area contributed by atoms with Crippen LogP contribution >= 0.6 is 0 Å². The van der Waals surface area contributed by atoms with Crippen molar-refractivity contribution in [3.05, 3.63) is 65.7 Å². The molecule has 0 atom stereocenters. The molecule has 3 heteroatoms. The van der Waals surface area contributed by atoms with Gasteiger partial charge in [-0.3, -0.25) is 4.90 Å². The van der Waals surface area contributed by atoms with Crippen LogP contribution in [0.2, 0.25) is 0 Å². The van der Waals surface area contributed by atoms with Gasteiger partial charge in [-0.2, -0.15) is 0 Å². The molecular weight excluding hydrogens is 260 g/mol. The summed E-state index contributed by atoms with van der Waals surface area (Å²) in [5.74, 6) is 0.904. The minimum atomic E-state index is 0.690. The van der Waals surface area contributed by atoms with Gasteiger partial charge in [-0.05, 0) is 29.7 Å². The number of benzene rings is 2. The molecule has 112 valence electrons. The van der Waals surface area contributed by atoms with E-state index in [0.29, 0.717) is 6.54 Å². The second kappa shape index (κ2) is 8.45. The lowest BCUT2D eigenvalue weighted by Gasteiger charge is -2.21. The summed E-state index contributed by atoms with van der Waals surface area (Å²) in [5, 5.41) is 0. The molecule has 0 aliphatic heterocycles. The van der Waals surface area contributed by atoms with Crippen LogP contribution in [0.1, 0.15) is 11.1 Å². The smallest absolute Gasteiger partial charge is 0.118 e. The number of hydrogen-bond donors (Lipinski definition) is 1. The summed E-state index contributed by atoms with van der Waals surface area (Å²) in [5.41, 5.74) is 8.39. The first-order valence-corrected chi connectivity index (χ1v) is 7.41. The highest BCUT2D eigenvalue weighted by atomic mass is 16.5. The van der Waals surface area contributed by atoms with Crippen LogP contribution in [0.25, 0.3) is 0 Å². The summed E-state index contributed by atoms with van der Waals surface area (Å²) < 4.78 is 5.19. The van der Waals surface area contributed by atoms with Gasteiger partial charge in [-0.25, -0.2) is 0 Å². The van der Waals surface area contributed by atoms with Gasteiger partial charge < -0.3 is 10.5 Å². The van der Waals surface area contributed by atoms with Crippen molar-refractivity contribution >= 4 is 0 Å². The van der Waals surface area contributed by atoms with Crippen molar-refractivity contribution in [1.82, 2.24) is 4.90 Å². The van der Waals surface area contributed by atoms with Crippen LogP contribution < -0.4 is 10.5 Å². The lowest BCUT2D eigenvalue weighted by molar-refractivity contribution is 0.276. The van der Waals surface area contributed by atoms with Gasteiger partial charge in [0.15, 0.2) is 0 Å². The largest absolute Gasteiger partial charge is 0.497 e. The molecule has 0 aromatic heterocycles. The van der Waals surface area contributed by atoms with Crippen LogP contribution in [0.5, 0.6) is 5.75 Å². The topological polar surface area (TPSA) is 38.5 Å². The quantitative estimate of drug-likeness (QED) is 0.810. The predicted molar refractivity (Wildman–Crippen MR) is 87.5 cm³/mol. The highest BCUT2D eigenvalue weighted by Gasteiger charge is 2.05. The average molecular weight is 284 g/mol. The number of rotatable bonds is 8. The molecule has 0 aliphatic rings. The number of nitrogens with two attached hydrogens (primary N) is 1. The fraction of sp³-hybridized carbons (Fsp3) is 0.333. The van der Waals surface area contributed by atoms with Gasteiger partial charge in [-0.15, -0.1) is 0 Å². The van der Waals surface area contributed by atoms with E-state index in [-0.39, 0.29) is 0 Å². The van der Waals surface area contributed by atoms with E-state index in [4.69, 9.17) is 10.5 Å². The Balaban J connectivity index is 1.89. The maximum atomic E-state index is 5.73. The summed E-state index contributed by atoms with van der Waals surface area (Å²) in [6.45, 7) is 3.58. The Kier molecular flexibility index (Phi) is 6.25. The Morgan fingerprint density at radius 2 is 1.62 bits per heavy atom. The highest BCUT2D eigenvalue weighted by Crippen LogP contribution is 2.12. The van der Waals surface area contributed by atoms with Crippen LogP contribution in [0.4, 0.5) is 0 Å². The number of hydrogen-bond acceptors (Lipinski definition) is 3. The van der Waals surface area contributed by atoms with E-state index in [2.05, 4.69) is 41.3 Å². The molecule has 0 saturated carbocycles. The Morgan fingerprint density at radius 1 is 0.905 bits per heavy atom. The van der Waals surface area contributed by atoms with Crippen molar-refractivity contribution in [2.75, 3.05) is 26.7 Å². The van der Waals surface area contributed by atoms with Gasteiger partial charge >= 0.3 is 0 Å². The minimum Gasteiger partial charge on any atom is -0.497 e. The molecule has 3 nitrogen and oxygen atoms in total. The lowest BCUT2D eigenvalue weighted by atomic mass is 10.1. The van der Waals surface area contributed by atoms with Crippen molar-refractivity contribution < 1.29 is 4.74 Å². The summed E-state index contributed by atoms with van der Waals surface area (Å²) in [6.07, 6.45) is 1.02. The first kappa shape index (κ1) is 15.5. The normalized spacial score (nSPS) is 10.8. The predicted octanol–water partition coefficient (Wildman–Crippen LogP) is 2.70. The molecule has 0 unspecified atom stereocenters. The first-order chi connectivity index (χ1) is 10.3. The zero-order valence-electron chi connectivity index (χ0n) is 12.7. The Bertz CT molecular complexity index is 511. The van der Waals surface area contributed by atoms with Gasteiger partial charge in [-0.1, -0.05) is 42.5 Å². The zero-order valence-corrected chi connectivity index (χ0v) is 12.7. The second-order valence-corrected chi connectivity index (χ2v) is 5.15. The average Bonchev–Trinajstić information content (AvgIpc) is 2.54. The van der Waals surface area contributed by atoms with Crippen molar-refractivity contribution in [1.29, 1.82) is 0 Å². The molecule has 0 radical (unpaired) electrons. The van der Waals surface area contributed by atoms with Crippen molar-refractivity contribution in [2.45, 2.75) is 13.0 Å². The van der Waals surface area contributed by atoms with Gasteiger partial charge in [0.05, 0.1) is 7.11 Å². The van der Waals surface area contributed by atoms with Gasteiger partial charge in [0.1, 0.15) is 5.75 Å². The molecule has 0 bridgehead atoms. The van der Waals surface area contributed by atoms with Crippen LogP contribution in [0, 0.1) is 0 Å². The summed E-state index contributed by atoms with van der Waals surface area (Å²) in [6, 6.07) is 18.8. The molecule has 2 rings (SSSR count). The molecule has 21 heavy (non-hydrogen) atoms. The van der Waals surface area contributed by atoms with Crippen molar-refractivity contribution in [3.63, 3.8) is 0 Å². The summed E-state index contributed by atoms with van der Waals surface area (Å²) >= 11 is 0. The Labute approximate surface area is 127 Å². The van der Waals surface area contributed by atoms with Crippen molar-refractivity contribution in [2.24, 2.45) is 5.73 Å². The second-order valence-electron chi connectivity index (χ2n) is 5.15. The lowest BCUT2D eigenvalue weighted by Crippen LogP contribution is -2.31. The summed E-state index contributed by atoms with van der Waals surface area (Å²) in [4.78, 5) is 2.40. The SMILES string of the molecule is COc1ccc(CCN(CCN)Cc2ccccc2)cc1. The molecule has 0 spiro atoms. The van der Waals surface area contributed by atoms with Gasteiger partial charge in [0.2, 0.25) is 0 Å². The van der Waals surface area contributed by atoms with Crippen molar-refractivity contribution in [3.8, 4) is 5.75 Å². The zero-order chi connectivity index (χ0) is 14.9. The molecule has 2 N–H and O–H groups in total.